The lowest BCUT2D eigenvalue weighted by Gasteiger charge is -1.73. The summed E-state index contributed by atoms with van der Waals surface area (Å²) in [6.07, 6.45) is 2.34. The summed E-state index contributed by atoms with van der Waals surface area (Å²) in [5, 5.41) is 13.4. The summed E-state index contributed by atoms with van der Waals surface area (Å²) in [7, 11) is 0. The van der Waals surface area contributed by atoms with Crippen LogP contribution in [0.2, 0.25) is 0 Å². The van der Waals surface area contributed by atoms with Gasteiger partial charge in [-0.3, -0.25) is 5.41 Å². The van der Waals surface area contributed by atoms with Gasteiger partial charge in [0.15, 0.2) is 0 Å². The summed E-state index contributed by atoms with van der Waals surface area (Å²) in [4.78, 5) is 0. The van der Waals surface area contributed by atoms with Crippen molar-refractivity contribution in [3.8, 4) is 0 Å². The monoisotopic (exact) mass is 97.0 g/mol. The Bertz CT molecular complexity index is 176. The van der Waals surface area contributed by atoms with Crippen LogP contribution >= 0.6 is 0 Å². The lowest BCUT2D eigenvalue weighted by Crippen LogP contribution is -1.96. The van der Waals surface area contributed by atoms with Crippen LogP contribution in [0.15, 0.2) is 17.0 Å². The van der Waals surface area contributed by atoms with Gasteiger partial charge in [-0.05, 0) is 0 Å². The molecule has 0 radical (unpaired) electrons. The summed E-state index contributed by atoms with van der Waals surface area (Å²) in [5.74, 6) is 0. The summed E-state index contributed by atoms with van der Waals surface area (Å²) < 4.78 is 4.42. The van der Waals surface area contributed by atoms with Gasteiger partial charge < -0.3 is 4.42 Å². The first-order valence-corrected chi connectivity index (χ1v) is 1.69. The first-order valence-electron chi connectivity index (χ1n) is 1.69. The minimum Gasteiger partial charge on any atom is -0.425 e. The molecule has 0 aliphatic heterocycles. The van der Waals surface area contributed by atoms with Gasteiger partial charge in [-0.25, -0.2) is 0 Å². The van der Waals surface area contributed by atoms with Crippen molar-refractivity contribution in [2.45, 2.75) is 0 Å². The van der Waals surface area contributed by atoms with E-state index in [1.165, 1.54) is 6.20 Å². The minimum absolute atomic E-state index is 0.0231. The van der Waals surface area contributed by atoms with Crippen molar-refractivity contribution in [3.63, 3.8) is 0 Å². The molecule has 0 unspecified atom stereocenters. The molecule has 4 heteroatoms. The lowest BCUT2D eigenvalue weighted by molar-refractivity contribution is 0.451. The van der Waals surface area contributed by atoms with E-state index in [0.29, 0.717) is 0 Å². The Morgan fingerprint density at radius 1 is 1.57 bits per heavy atom. The average molecular weight is 97.1 g/mol. The second kappa shape index (κ2) is 1.51. The zero-order valence-electron chi connectivity index (χ0n) is 3.46. The molecular formula is C3H3N3O. The zero-order valence-corrected chi connectivity index (χ0v) is 3.46. The standard InChI is InChI=1S/C3H3N3O/c4-3-1-5-6-2-7-3/h1-2,4H. The Morgan fingerprint density at radius 2 is 2.43 bits per heavy atom. The highest BCUT2D eigenvalue weighted by atomic mass is 16.3. The van der Waals surface area contributed by atoms with Gasteiger partial charge >= 0.3 is 0 Å². The number of nitrogens with one attached hydrogen (secondary N) is 1. The maximum absolute atomic E-state index is 6.73. The van der Waals surface area contributed by atoms with E-state index in [-0.39, 0.29) is 5.55 Å². The molecule has 0 fully saturated rings. The zero-order chi connectivity index (χ0) is 5.11. The molecule has 0 aliphatic carbocycles. The third-order valence-corrected chi connectivity index (χ3v) is 0.468. The van der Waals surface area contributed by atoms with Crippen molar-refractivity contribution in [1.29, 1.82) is 5.41 Å². The van der Waals surface area contributed by atoms with E-state index in [9.17, 15) is 0 Å². The van der Waals surface area contributed by atoms with Crippen LogP contribution in [0, 0.1) is 5.41 Å². The third-order valence-electron chi connectivity index (χ3n) is 0.468. The summed E-state index contributed by atoms with van der Waals surface area (Å²) in [6.45, 7) is 0. The van der Waals surface area contributed by atoms with Crippen LogP contribution < -0.4 is 5.55 Å². The quantitative estimate of drug-likeness (QED) is 0.476. The van der Waals surface area contributed by atoms with Gasteiger partial charge in [0.1, 0.15) is 6.20 Å². The Kier molecular flexibility index (Phi) is 0.856. The SMILES string of the molecule is N=c1cnnco1. The van der Waals surface area contributed by atoms with E-state index in [1.807, 2.05) is 0 Å². The Morgan fingerprint density at radius 3 is 2.71 bits per heavy atom. The van der Waals surface area contributed by atoms with Gasteiger partial charge in [-0.15, -0.1) is 5.10 Å². The molecule has 0 aliphatic rings. The molecule has 7 heavy (non-hydrogen) atoms. The number of hydrogen-bond donors (Lipinski definition) is 1. The van der Waals surface area contributed by atoms with Crippen molar-refractivity contribution in [3.05, 3.63) is 18.1 Å². The molecule has 1 heterocycles. The third kappa shape index (κ3) is 0.819. The van der Waals surface area contributed by atoms with Gasteiger partial charge in [-0.1, -0.05) is 0 Å². The first kappa shape index (κ1) is 3.98. The van der Waals surface area contributed by atoms with Crippen molar-refractivity contribution in [2.75, 3.05) is 0 Å². The number of rotatable bonds is 0. The van der Waals surface area contributed by atoms with E-state index >= 15 is 0 Å². The predicted molar refractivity (Wildman–Crippen MR) is 20.2 cm³/mol. The van der Waals surface area contributed by atoms with Crippen molar-refractivity contribution in [1.82, 2.24) is 10.2 Å². The van der Waals surface area contributed by atoms with Crippen molar-refractivity contribution < 1.29 is 4.42 Å². The molecule has 1 rings (SSSR count). The summed E-state index contributed by atoms with van der Waals surface area (Å²) in [6, 6.07) is 0. The highest BCUT2D eigenvalue weighted by Gasteiger charge is 1.70. The number of aromatic nitrogens is 2. The van der Waals surface area contributed by atoms with E-state index in [1.54, 1.807) is 0 Å². The van der Waals surface area contributed by atoms with Crippen LogP contribution in [-0.2, 0) is 0 Å². The molecule has 36 valence electrons. The molecule has 0 saturated heterocycles. The Balaban J connectivity index is 3.28. The first-order chi connectivity index (χ1) is 3.39. The van der Waals surface area contributed by atoms with E-state index < -0.39 is 0 Å². The maximum atomic E-state index is 6.73. The fourth-order valence-corrected chi connectivity index (χ4v) is 0.224. The summed E-state index contributed by atoms with van der Waals surface area (Å²) >= 11 is 0. The number of nitrogens with zero attached hydrogens (tertiary/aromatic N) is 2. The second-order valence-electron chi connectivity index (χ2n) is 0.948. The fourth-order valence-electron chi connectivity index (χ4n) is 0.224. The molecule has 0 saturated carbocycles. The molecule has 4 nitrogen and oxygen atoms in total. The Hall–Kier alpha value is -1.19. The normalized spacial score (nSPS) is 8.57. The topological polar surface area (TPSA) is 62.8 Å². The summed E-state index contributed by atoms with van der Waals surface area (Å²) in [5.41, 5.74) is 0.0231. The molecule has 0 atom stereocenters. The lowest BCUT2D eigenvalue weighted by atomic mass is 10.9. The van der Waals surface area contributed by atoms with E-state index in [4.69, 9.17) is 5.41 Å². The maximum Gasteiger partial charge on any atom is 0.233 e. The van der Waals surface area contributed by atoms with Gasteiger partial charge in [0.2, 0.25) is 11.9 Å². The van der Waals surface area contributed by atoms with E-state index in [2.05, 4.69) is 14.6 Å². The molecule has 1 N–H and O–H groups in total. The molecule has 0 amide bonds. The van der Waals surface area contributed by atoms with Crippen molar-refractivity contribution >= 4 is 0 Å². The molecule has 0 spiro atoms. The smallest absolute Gasteiger partial charge is 0.233 e. The Labute approximate surface area is 39.3 Å². The molecular weight excluding hydrogens is 94.1 g/mol. The number of hydrogen-bond acceptors (Lipinski definition) is 4. The largest absolute Gasteiger partial charge is 0.425 e. The fraction of sp³-hybridized carbons (Fsp3) is 0. The van der Waals surface area contributed by atoms with Crippen LogP contribution in [0.3, 0.4) is 0 Å². The van der Waals surface area contributed by atoms with Gasteiger partial charge in [0.05, 0.1) is 0 Å². The molecule has 0 bridgehead atoms. The molecule has 1 aromatic heterocycles. The van der Waals surface area contributed by atoms with Crippen LogP contribution in [0.25, 0.3) is 0 Å². The average Bonchev–Trinajstić information content (AvgIpc) is 1.69. The second-order valence-corrected chi connectivity index (χ2v) is 0.948. The van der Waals surface area contributed by atoms with Crippen LogP contribution in [-0.4, -0.2) is 10.2 Å². The van der Waals surface area contributed by atoms with Crippen LogP contribution in [0.1, 0.15) is 0 Å². The van der Waals surface area contributed by atoms with Crippen LogP contribution in [0.4, 0.5) is 0 Å². The minimum atomic E-state index is 0.0231. The van der Waals surface area contributed by atoms with Gasteiger partial charge in [0.25, 0.3) is 0 Å². The molecule has 0 aromatic carbocycles. The van der Waals surface area contributed by atoms with Crippen LogP contribution in [0.5, 0.6) is 0 Å². The highest BCUT2D eigenvalue weighted by Crippen LogP contribution is 1.56. The van der Waals surface area contributed by atoms with Gasteiger partial charge in [0, 0.05) is 0 Å². The molecule has 1 aromatic rings. The predicted octanol–water partition coefficient (Wildman–Crippen LogP) is -0.451. The highest BCUT2D eigenvalue weighted by molar-refractivity contribution is 4.50. The van der Waals surface area contributed by atoms with Gasteiger partial charge in [-0.2, -0.15) is 5.10 Å². The van der Waals surface area contributed by atoms with E-state index in [0.717, 1.165) is 6.39 Å². The van der Waals surface area contributed by atoms with Crippen molar-refractivity contribution in [2.24, 2.45) is 0 Å².